The molecule has 0 aromatic heterocycles. The van der Waals surface area contributed by atoms with Crippen LogP contribution < -0.4 is 10.4 Å². The van der Waals surface area contributed by atoms with Crippen LogP contribution in [0.1, 0.15) is 13.8 Å². The summed E-state index contributed by atoms with van der Waals surface area (Å²) in [5.74, 6) is 0. The third-order valence-corrected chi connectivity index (χ3v) is 1.87. The monoisotopic (exact) mass is 194 g/mol. The van der Waals surface area contributed by atoms with E-state index in [0.717, 1.165) is 5.69 Å². The molecule has 0 heterocycles. The van der Waals surface area contributed by atoms with Gasteiger partial charge in [-0.1, -0.05) is 18.2 Å². The number of para-hydroxylation sites is 1. The van der Waals surface area contributed by atoms with Gasteiger partial charge in [0.15, 0.2) is 0 Å². The molecular formula is C10H14N2O2. The van der Waals surface area contributed by atoms with Gasteiger partial charge in [-0.05, 0) is 26.0 Å². The Kier molecular flexibility index (Phi) is 3.48. The molecule has 4 nitrogen and oxygen atoms in total. The van der Waals surface area contributed by atoms with Crippen molar-refractivity contribution in [2.45, 2.75) is 19.9 Å². The number of urea groups is 1. The lowest BCUT2D eigenvalue weighted by atomic mass is 10.2. The third kappa shape index (κ3) is 2.23. The van der Waals surface area contributed by atoms with E-state index in [4.69, 9.17) is 5.21 Å². The Morgan fingerprint density at radius 3 is 2.36 bits per heavy atom. The van der Waals surface area contributed by atoms with Crippen LogP contribution in [0.3, 0.4) is 0 Å². The lowest BCUT2D eigenvalue weighted by Gasteiger charge is -2.25. The molecule has 1 aromatic carbocycles. The number of nitrogens with one attached hydrogen (secondary N) is 1. The smallest absolute Gasteiger partial charge is 0.290 e. The molecule has 0 aliphatic heterocycles. The van der Waals surface area contributed by atoms with E-state index in [-0.39, 0.29) is 6.04 Å². The first-order chi connectivity index (χ1) is 6.66. The molecule has 14 heavy (non-hydrogen) atoms. The maximum absolute atomic E-state index is 11.3. The van der Waals surface area contributed by atoms with Crippen LogP contribution in [-0.4, -0.2) is 17.3 Å². The minimum atomic E-state index is -0.522. The Labute approximate surface area is 83.1 Å². The zero-order chi connectivity index (χ0) is 10.6. The number of benzene rings is 1. The van der Waals surface area contributed by atoms with E-state index < -0.39 is 6.03 Å². The molecular weight excluding hydrogens is 180 g/mol. The van der Waals surface area contributed by atoms with Gasteiger partial charge in [0, 0.05) is 11.7 Å². The lowest BCUT2D eigenvalue weighted by Crippen LogP contribution is -2.42. The molecule has 1 rings (SSSR count). The molecule has 0 atom stereocenters. The number of anilines is 1. The molecule has 2 amide bonds. The van der Waals surface area contributed by atoms with E-state index in [1.165, 1.54) is 4.90 Å². The molecule has 0 fully saturated rings. The van der Waals surface area contributed by atoms with Crippen LogP contribution >= 0.6 is 0 Å². The third-order valence-electron chi connectivity index (χ3n) is 1.87. The van der Waals surface area contributed by atoms with Gasteiger partial charge >= 0.3 is 6.03 Å². The highest BCUT2D eigenvalue weighted by Crippen LogP contribution is 2.15. The summed E-state index contributed by atoms with van der Waals surface area (Å²) in [6, 6.07) is 8.66. The number of carbonyl (C=O) groups excluding carboxylic acids is 1. The molecule has 76 valence electrons. The van der Waals surface area contributed by atoms with E-state index in [2.05, 4.69) is 0 Å². The summed E-state index contributed by atoms with van der Waals surface area (Å²) < 4.78 is 0. The summed E-state index contributed by atoms with van der Waals surface area (Å²) in [5, 5.41) is 8.57. The van der Waals surface area contributed by atoms with E-state index in [9.17, 15) is 4.79 Å². The van der Waals surface area contributed by atoms with Crippen LogP contribution in [-0.2, 0) is 0 Å². The molecule has 0 aliphatic carbocycles. The summed E-state index contributed by atoms with van der Waals surface area (Å²) >= 11 is 0. The highest BCUT2D eigenvalue weighted by Gasteiger charge is 2.17. The largest absolute Gasteiger partial charge is 0.345 e. The number of carbonyl (C=O) groups is 1. The van der Waals surface area contributed by atoms with Crippen molar-refractivity contribution < 1.29 is 10.0 Å². The highest BCUT2D eigenvalue weighted by molar-refractivity contribution is 5.91. The van der Waals surface area contributed by atoms with Gasteiger partial charge in [0.25, 0.3) is 0 Å². The normalized spacial score (nSPS) is 10.0. The number of amides is 2. The fraction of sp³-hybridized carbons (Fsp3) is 0.300. The van der Waals surface area contributed by atoms with E-state index in [0.29, 0.717) is 0 Å². The van der Waals surface area contributed by atoms with Crippen LogP contribution in [0.2, 0.25) is 0 Å². The summed E-state index contributed by atoms with van der Waals surface area (Å²) in [4.78, 5) is 12.8. The molecule has 0 saturated carbocycles. The maximum Gasteiger partial charge on any atom is 0.345 e. The molecule has 0 bridgehead atoms. The lowest BCUT2D eigenvalue weighted by molar-refractivity contribution is 0.165. The fourth-order valence-electron chi connectivity index (χ4n) is 1.29. The molecule has 0 aliphatic rings. The number of hydroxylamine groups is 1. The highest BCUT2D eigenvalue weighted by atomic mass is 16.5. The van der Waals surface area contributed by atoms with Crippen molar-refractivity contribution in [2.24, 2.45) is 0 Å². The van der Waals surface area contributed by atoms with Gasteiger partial charge in [0.1, 0.15) is 0 Å². The molecule has 2 N–H and O–H groups in total. The van der Waals surface area contributed by atoms with Crippen molar-refractivity contribution in [2.75, 3.05) is 4.90 Å². The van der Waals surface area contributed by atoms with Gasteiger partial charge in [0.05, 0.1) is 0 Å². The van der Waals surface area contributed by atoms with Crippen molar-refractivity contribution in [3.8, 4) is 0 Å². The number of hydrogen-bond donors (Lipinski definition) is 2. The van der Waals surface area contributed by atoms with Crippen LogP contribution in [0.4, 0.5) is 10.5 Å². The van der Waals surface area contributed by atoms with Crippen molar-refractivity contribution in [3.63, 3.8) is 0 Å². The topological polar surface area (TPSA) is 52.6 Å². The molecule has 0 radical (unpaired) electrons. The maximum atomic E-state index is 11.3. The Bertz CT molecular complexity index is 298. The standard InChI is InChI=1S/C10H14N2O2/c1-8(2)12(10(13)11-14)9-6-4-3-5-7-9/h3-8,14H,1-2H3,(H,11,13). The second kappa shape index (κ2) is 4.62. The van der Waals surface area contributed by atoms with Crippen molar-refractivity contribution in [1.82, 2.24) is 5.48 Å². The average molecular weight is 194 g/mol. The molecule has 1 aromatic rings. The minimum absolute atomic E-state index is 0.00968. The number of nitrogens with zero attached hydrogens (tertiary/aromatic N) is 1. The minimum Gasteiger partial charge on any atom is -0.290 e. The van der Waals surface area contributed by atoms with Gasteiger partial charge in [-0.25, -0.2) is 10.3 Å². The average Bonchev–Trinajstić information content (AvgIpc) is 2.19. The van der Waals surface area contributed by atoms with Gasteiger partial charge in [0.2, 0.25) is 0 Å². The fourth-order valence-corrected chi connectivity index (χ4v) is 1.29. The molecule has 0 spiro atoms. The second-order valence-electron chi connectivity index (χ2n) is 3.22. The van der Waals surface area contributed by atoms with E-state index in [1.54, 1.807) is 5.48 Å². The molecule has 4 heteroatoms. The summed E-state index contributed by atoms with van der Waals surface area (Å²) in [6.45, 7) is 3.75. The Morgan fingerprint density at radius 1 is 1.36 bits per heavy atom. The van der Waals surface area contributed by atoms with Crippen molar-refractivity contribution >= 4 is 11.7 Å². The second-order valence-corrected chi connectivity index (χ2v) is 3.22. The zero-order valence-electron chi connectivity index (χ0n) is 8.27. The van der Waals surface area contributed by atoms with E-state index in [1.807, 2.05) is 44.2 Å². The Hall–Kier alpha value is -1.55. The first-order valence-corrected chi connectivity index (χ1v) is 4.45. The quantitative estimate of drug-likeness (QED) is 0.559. The van der Waals surface area contributed by atoms with Gasteiger partial charge in [-0.3, -0.25) is 10.1 Å². The van der Waals surface area contributed by atoms with E-state index >= 15 is 0 Å². The van der Waals surface area contributed by atoms with Gasteiger partial charge in [-0.2, -0.15) is 0 Å². The Balaban J connectivity index is 2.95. The van der Waals surface area contributed by atoms with Crippen LogP contribution in [0.15, 0.2) is 30.3 Å². The van der Waals surface area contributed by atoms with Crippen molar-refractivity contribution in [3.05, 3.63) is 30.3 Å². The zero-order valence-corrected chi connectivity index (χ0v) is 8.27. The predicted molar refractivity (Wildman–Crippen MR) is 54.4 cm³/mol. The predicted octanol–water partition coefficient (Wildman–Crippen LogP) is 2.00. The van der Waals surface area contributed by atoms with Crippen LogP contribution in [0.5, 0.6) is 0 Å². The summed E-state index contributed by atoms with van der Waals surface area (Å²) in [6.07, 6.45) is 0. The Morgan fingerprint density at radius 2 is 1.93 bits per heavy atom. The van der Waals surface area contributed by atoms with Gasteiger partial charge < -0.3 is 0 Å². The first-order valence-electron chi connectivity index (χ1n) is 4.45. The summed E-state index contributed by atoms with van der Waals surface area (Å²) in [7, 11) is 0. The van der Waals surface area contributed by atoms with Crippen molar-refractivity contribution in [1.29, 1.82) is 0 Å². The first kappa shape index (κ1) is 10.5. The molecule has 0 saturated heterocycles. The number of hydrogen-bond acceptors (Lipinski definition) is 2. The SMILES string of the molecule is CC(C)N(C(=O)NO)c1ccccc1. The van der Waals surface area contributed by atoms with Crippen LogP contribution in [0.25, 0.3) is 0 Å². The van der Waals surface area contributed by atoms with Gasteiger partial charge in [-0.15, -0.1) is 0 Å². The molecule has 0 unspecified atom stereocenters. The van der Waals surface area contributed by atoms with Crippen LogP contribution in [0, 0.1) is 0 Å². The summed E-state index contributed by atoms with van der Waals surface area (Å²) in [5.41, 5.74) is 2.39. The number of rotatable bonds is 2.